The minimum Gasteiger partial charge on any atom is -0.364 e. The lowest BCUT2D eigenvalue weighted by Crippen LogP contribution is -2.62. The van der Waals surface area contributed by atoms with Crippen LogP contribution in [-0.2, 0) is 6.54 Å². The van der Waals surface area contributed by atoms with Crippen molar-refractivity contribution in [3.8, 4) is 11.4 Å². The summed E-state index contributed by atoms with van der Waals surface area (Å²) in [6, 6.07) is 1.71. The molecule has 0 bridgehead atoms. The Hall–Kier alpha value is -1.86. The fourth-order valence-electron chi connectivity index (χ4n) is 4.48. The molecule has 4 heterocycles. The smallest absolute Gasteiger partial charge is 0.259 e. The highest BCUT2D eigenvalue weighted by Crippen LogP contribution is 2.42. The predicted molar refractivity (Wildman–Crippen MR) is 116 cm³/mol. The molecule has 1 amide bonds. The molecule has 0 N–H and O–H groups in total. The van der Waals surface area contributed by atoms with Crippen molar-refractivity contribution in [2.75, 3.05) is 32.7 Å². The monoisotopic (exact) mass is 433 g/mol. The van der Waals surface area contributed by atoms with Crippen LogP contribution in [0.1, 0.15) is 57.3 Å². The molecule has 0 atom stereocenters. The van der Waals surface area contributed by atoms with Gasteiger partial charge in [0.2, 0.25) is 0 Å². The number of rotatable bonds is 5. The molecule has 164 valence electrons. The third-order valence-electron chi connectivity index (χ3n) is 6.52. The van der Waals surface area contributed by atoms with E-state index in [1.165, 1.54) is 12.7 Å². The Morgan fingerprint density at radius 2 is 1.97 bits per heavy atom. The second kappa shape index (κ2) is 8.00. The lowest BCUT2D eigenvalue weighted by molar-refractivity contribution is -0.0333. The fourth-order valence-corrected chi connectivity index (χ4v) is 4.81. The van der Waals surface area contributed by atoms with Gasteiger partial charge >= 0.3 is 0 Å². The Morgan fingerprint density at radius 3 is 2.53 bits per heavy atom. The summed E-state index contributed by atoms with van der Waals surface area (Å²) in [5.41, 5.74) is 2.10. The quantitative estimate of drug-likeness (QED) is 0.707. The van der Waals surface area contributed by atoms with Crippen LogP contribution in [-0.4, -0.2) is 63.4 Å². The Kier molecular flexibility index (Phi) is 5.70. The number of carbonyl (C=O) groups is 1. The minimum absolute atomic E-state index is 0.0570. The van der Waals surface area contributed by atoms with Crippen LogP contribution in [0.5, 0.6) is 0 Å². The van der Waals surface area contributed by atoms with E-state index in [0.29, 0.717) is 34.1 Å². The Morgan fingerprint density at radius 1 is 1.27 bits per heavy atom. The molecule has 4 rings (SSSR count). The van der Waals surface area contributed by atoms with Crippen molar-refractivity contribution >= 4 is 17.5 Å². The minimum atomic E-state index is -0.0570. The molecule has 0 saturated carbocycles. The first-order valence-corrected chi connectivity index (χ1v) is 11.3. The van der Waals surface area contributed by atoms with E-state index in [1.54, 1.807) is 10.7 Å². The van der Waals surface area contributed by atoms with Gasteiger partial charge in [0.1, 0.15) is 28.4 Å². The lowest BCUT2D eigenvalue weighted by Gasteiger charge is -2.54. The summed E-state index contributed by atoms with van der Waals surface area (Å²) in [6.07, 6.45) is 5.00. The van der Waals surface area contributed by atoms with E-state index in [9.17, 15) is 4.79 Å². The van der Waals surface area contributed by atoms with Gasteiger partial charge in [-0.1, -0.05) is 37.5 Å². The molecule has 0 aromatic carbocycles. The van der Waals surface area contributed by atoms with Crippen LogP contribution in [0.15, 0.2) is 16.9 Å². The largest absolute Gasteiger partial charge is 0.364 e. The molecule has 0 unspecified atom stereocenters. The van der Waals surface area contributed by atoms with Crippen molar-refractivity contribution in [3.05, 3.63) is 23.0 Å². The van der Waals surface area contributed by atoms with Crippen LogP contribution >= 0.6 is 11.6 Å². The molecule has 2 aliphatic heterocycles. The zero-order valence-corrected chi connectivity index (χ0v) is 19.2. The van der Waals surface area contributed by atoms with E-state index in [2.05, 4.69) is 35.9 Å². The summed E-state index contributed by atoms with van der Waals surface area (Å²) in [6.45, 7) is 14.4. The molecule has 7 nitrogen and oxygen atoms in total. The van der Waals surface area contributed by atoms with Gasteiger partial charge in [-0.25, -0.2) is 0 Å². The molecule has 8 heteroatoms. The van der Waals surface area contributed by atoms with Crippen molar-refractivity contribution in [2.24, 2.45) is 10.8 Å². The highest BCUT2D eigenvalue weighted by atomic mass is 35.5. The summed E-state index contributed by atoms with van der Waals surface area (Å²) in [4.78, 5) is 17.8. The highest BCUT2D eigenvalue weighted by molar-refractivity contribution is 6.33. The van der Waals surface area contributed by atoms with Gasteiger partial charge in [0, 0.05) is 31.1 Å². The van der Waals surface area contributed by atoms with Crippen LogP contribution in [0.3, 0.4) is 0 Å². The Labute approximate surface area is 183 Å². The maximum absolute atomic E-state index is 13.3. The number of likely N-dealkylation sites (tertiary alicyclic amines) is 2. The second-order valence-corrected chi connectivity index (χ2v) is 10.4. The molecule has 0 aliphatic carbocycles. The molecular formula is C22H32ClN5O2. The third-order valence-corrected chi connectivity index (χ3v) is 6.90. The van der Waals surface area contributed by atoms with E-state index in [0.717, 1.165) is 45.6 Å². The zero-order valence-electron chi connectivity index (χ0n) is 18.4. The average molecular weight is 434 g/mol. The van der Waals surface area contributed by atoms with Gasteiger partial charge in [-0.15, -0.1) is 0 Å². The number of amides is 1. The first kappa shape index (κ1) is 21.4. The maximum Gasteiger partial charge on any atom is 0.259 e. The molecule has 2 aromatic heterocycles. The molecule has 30 heavy (non-hydrogen) atoms. The van der Waals surface area contributed by atoms with Crippen LogP contribution in [0, 0.1) is 10.8 Å². The molecule has 2 fully saturated rings. The van der Waals surface area contributed by atoms with Gasteiger partial charge in [0.25, 0.3) is 5.91 Å². The van der Waals surface area contributed by atoms with E-state index in [-0.39, 0.29) is 11.3 Å². The van der Waals surface area contributed by atoms with Gasteiger partial charge in [-0.05, 0) is 51.2 Å². The Bertz CT molecular complexity index is 884. The third kappa shape index (κ3) is 4.14. The topological polar surface area (TPSA) is 67.4 Å². The zero-order chi connectivity index (χ0) is 21.5. The number of aromatic nitrogens is 3. The number of nitrogens with zero attached hydrogens (tertiary/aromatic N) is 5. The van der Waals surface area contributed by atoms with E-state index >= 15 is 0 Å². The van der Waals surface area contributed by atoms with E-state index in [1.807, 2.05) is 11.8 Å². The number of aryl methyl sites for hydroxylation is 1. The standard InChI is InChI=1S/C22H32ClN5O2/c1-5-28-19(23)17(18(24-28)16-6-13-30-25-16)20(29)27-14-22(15-27)8-11-26(12-9-22)10-7-21(2,3)4/h6,13H,5,7-12,14-15H2,1-4H3. The summed E-state index contributed by atoms with van der Waals surface area (Å²) in [5, 5.41) is 8.83. The van der Waals surface area contributed by atoms with Crippen molar-refractivity contribution in [1.29, 1.82) is 0 Å². The van der Waals surface area contributed by atoms with Crippen LogP contribution in [0.4, 0.5) is 0 Å². The molecule has 2 aromatic rings. The second-order valence-electron chi connectivity index (χ2n) is 10.0. The lowest BCUT2D eigenvalue weighted by atomic mass is 9.71. The first-order valence-electron chi connectivity index (χ1n) is 10.9. The van der Waals surface area contributed by atoms with Crippen molar-refractivity contribution in [1.82, 2.24) is 24.7 Å². The summed E-state index contributed by atoms with van der Waals surface area (Å²) < 4.78 is 6.60. The van der Waals surface area contributed by atoms with Gasteiger partial charge in [0.05, 0.1) is 0 Å². The van der Waals surface area contributed by atoms with Gasteiger partial charge < -0.3 is 14.3 Å². The van der Waals surface area contributed by atoms with E-state index in [4.69, 9.17) is 16.1 Å². The van der Waals surface area contributed by atoms with E-state index < -0.39 is 0 Å². The van der Waals surface area contributed by atoms with Crippen LogP contribution < -0.4 is 0 Å². The number of halogens is 1. The summed E-state index contributed by atoms with van der Waals surface area (Å²) in [7, 11) is 0. The average Bonchev–Trinajstić information content (AvgIpc) is 3.31. The van der Waals surface area contributed by atoms with Gasteiger partial charge in [-0.2, -0.15) is 5.10 Å². The molecule has 2 aliphatic rings. The Balaban J connectivity index is 1.40. The molecule has 2 saturated heterocycles. The number of hydrogen-bond donors (Lipinski definition) is 0. The molecule has 1 spiro atoms. The SMILES string of the molecule is CCn1nc(-c2ccon2)c(C(=O)N2CC3(CCN(CCC(C)(C)C)CC3)C2)c1Cl. The number of hydrogen-bond acceptors (Lipinski definition) is 5. The van der Waals surface area contributed by atoms with Gasteiger partial charge in [0.15, 0.2) is 0 Å². The first-order chi connectivity index (χ1) is 14.2. The van der Waals surface area contributed by atoms with Crippen molar-refractivity contribution < 1.29 is 9.32 Å². The van der Waals surface area contributed by atoms with Crippen molar-refractivity contribution in [2.45, 2.75) is 53.5 Å². The van der Waals surface area contributed by atoms with Crippen molar-refractivity contribution in [3.63, 3.8) is 0 Å². The summed E-state index contributed by atoms with van der Waals surface area (Å²) >= 11 is 6.52. The van der Waals surface area contributed by atoms with Crippen LogP contribution in [0.2, 0.25) is 5.15 Å². The van der Waals surface area contributed by atoms with Gasteiger partial charge in [-0.3, -0.25) is 9.48 Å². The normalized spacial score (nSPS) is 19.3. The predicted octanol–water partition coefficient (Wildman–Crippen LogP) is 4.19. The molecular weight excluding hydrogens is 402 g/mol. The number of carbonyl (C=O) groups excluding carboxylic acids is 1. The highest BCUT2D eigenvalue weighted by Gasteiger charge is 2.47. The summed E-state index contributed by atoms with van der Waals surface area (Å²) in [5.74, 6) is -0.0570. The maximum atomic E-state index is 13.3. The fraction of sp³-hybridized carbons (Fsp3) is 0.682. The molecule has 0 radical (unpaired) electrons. The van der Waals surface area contributed by atoms with Crippen LogP contribution in [0.25, 0.3) is 11.4 Å². The number of piperidine rings is 1.